The lowest BCUT2D eigenvalue weighted by atomic mass is 10.3. The zero-order chi connectivity index (χ0) is 14.5. The third kappa shape index (κ3) is 2.88. The Balaban J connectivity index is 0.000000704. The van der Waals surface area contributed by atoms with Gasteiger partial charge in [-0.1, -0.05) is 0 Å². The predicted molar refractivity (Wildman–Crippen MR) is 80.2 cm³/mol. The summed E-state index contributed by atoms with van der Waals surface area (Å²) in [6, 6.07) is 3.91. The molecule has 1 saturated heterocycles. The molecular formula is C13H21N7. The average Bonchev–Trinajstić information content (AvgIpc) is 3.11. The van der Waals surface area contributed by atoms with Gasteiger partial charge in [-0.15, -0.1) is 0 Å². The number of hydrogen-bond donors (Lipinski definition) is 2. The van der Waals surface area contributed by atoms with Crippen LogP contribution >= 0.6 is 0 Å². The van der Waals surface area contributed by atoms with Gasteiger partial charge >= 0.3 is 0 Å². The number of nitrogens with two attached hydrogens (primary N) is 2. The molecule has 20 heavy (non-hydrogen) atoms. The second kappa shape index (κ2) is 6.33. The second-order valence-corrected chi connectivity index (χ2v) is 4.50. The first kappa shape index (κ1) is 14.3. The normalized spacial score (nSPS) is 14.1. The van der Waals surface area contributed by atoms with Crippen LogP contribution in [0.2, 0.25) is 0 Å². The number of nitrogens with zero attached hydrogens (tertiary/aromatic N) is 5. The van der Waals surface area contributed by atoms with Gasteiger partial charge in [0.15, 0.2) is 0 Å². The minimum absolute atomic E-state index is 0.315. The van der Waals surface area contributed by atoms with Crippen molar-refractivity contribution in [2.45, 2.75) is 12.8 Å². The fourth-order valence-electron chi connectivity index (χ4n) is 2.32. The molecule has 7 heteroatoms. The summed E-state index contributed by atoms with van der Waals surface area (Å²) in [5.41, 5.74) is 12.1. The molecule has 1 aliphatic heterocycles. The fourth-order valence-corrected chi connectivity index (χ4v) is 2.32. The average molecular weight is 275 g/mol. The molecule has 0 aromatic carbocycles. The van der Waals surface area contributed by atoms with Gasteiger partial charge in [0.2, 0.25) is 5.95 Å². The standard InChI is InChI=1S/C12H16N6.CH5N/c1-17-10(4-5-14-17)9-8-11(16-12(13)15-9)18-6-2-3-7-18;1-2/h4-5,8H,2-3,6-7H2,1H3,(H2,13,15,16);2H2,1H3. The van der Waals surface area contributed by atoms with E-state index in [1.54, 1.807) is 10.9 Å². The van der Waals surface area contributed by atoms with Gasteiger partial charge in [0.05, 0.1) is 11.4 Å². The zero-order valence-corrected chi connectivity index (χ0v) is 12.0. The van der Waals surface area contributed by atoms with E-state index in [1.807, 2.05) is 19.2 Å². The highest BCUT2D eigenvalue weighted by Gasteiger charge is 2.16. The van der Waals surface area contributed by atoms with Crippen molar-refractivity contribution in [3.05, 3.63) is 18.3 Å². The van der Waals surface area contributed by atoms with Crippen molar-refractivity contribution >= 4 is 11.8 Å². The van der Waals surface area contributed by atoms with Gasteiger partial charge in [0, 0.05) is 32.4 Å². The maximum atomic E-state index is 5.80. The van der Waals surface area contributed by atoms with Crippen molar-refractivity contribution in [2.24, 2.45) is 12.8 Å². The van der Waals surface area contributed by atoms with Crippen LogP contribution in [0.4, 0.5) is 11.8 Å². The van der Waals surface area contributed by atoms with E-state index in [-0.39, 0.29) is 0 Å². The van der Waals surface area contributed by atoms with Crippen molar-refractivity contribution in [3.8, 4) is 11.4 Å². The molecule has 0 atom stereocenters. The van der Waals surface area contributed by atoms with Crippen molar-refractivity contribution in [1.82, 2.24) is 19.7 Å². The van der Waals surface area contributed by atoms with Crippen LogP contribution in [0.1, 0.15) is 12.8 Å². The lowest BCUT2D eigenvalue weighted by Crippen LogP contribution is -2.20. The largest absolute Gasteiger partial charge is 0.368 e. The van der Waals surface area contributed by atoms with E-state index in [2.05, 4.69) is 25.7 Å². The van der Waals surface area contributed by atoms with Crippen LogP contribution in [0.3, 0.4) is 0 Å². The second-order valence-electron chi connectivity index (χ2n) is 4.50. The molecule has 0 spiro atoms. The maximum Gasteiger partial charge on any atom is 0.222 e. The first-order valence-electron chi connectivity index (χ1n) is 6.69. The summed E-state index contributed by atoms with van der Waals surface area (Å²) in [5.74, 6) is 1.23. The first-order chi connectivity index (χ1) is 9.74. The highest BCUT2D eigenvalue weighted by atomic mass is 15.3. The first-order valence-corrected chi connectivity index (χ1v) is 6.69. The summed E-state index contributed by atoms with van der Waals surface area (Å²) in [6.07, 6.45) is 4.18. The van der Waals surface area contributed by atoms with E-state index in [4.69, 9.17) is 5.73 Å². The Kier molecular flexibility index (Phi) is 4.52. The molecule has 2 aromatic rings. The van der Waals surface area contributed by atoms with Gasteiger partial charge in [0.25, 0.3) is 0 Å². The van der Waals surface area contributed by atoms with Gasteiger partial charge in [0.1, 0.15) is 5.82 Å². The minimum Gasteiger partial charge on any atom is -0.368 e. The molecule has 2 aromatic heterocycles. The van der Waals surface area contributed by atoms with Crippen LogP contribution in [0.15, 0.2) is 18.3 Å². The van der Waals surface area contributed by atoms with Gasteiger partial charge in [-0.25, -0.2) is 4.98 Å². The van der Waals surface area contributed by atoms with Crippen molar-refractivity contribution < 1.29 is 0 Å². The van der Waals surface area contributed by atoms with E-state index < -0.39 is 0 Å². The Bertz CT molecular complexity index is 558. The van der Waals surface area contributed by atoms with Crippen molar-refractivity contribution in [2.75, 3.05) is 30.8 Å². The maximum absolute atomic E-state index is 5.80. The number of anilines is 2. The number of rotatable bonds is 2. The summed E-state index contributed by atoms with van der Waals surface area (Å²) < 4.78 is 1.79. The predicted octanol–water partition coefficient (Wildman–Crippen LogP) is 0.634. The Morgan fingerprint density at radius 2 is 1.85 bits per heavy atom. The van der Waals surface area contributed by atoms with Gasteiger partial charge in [-0.2, -0.15) is 10.1 Å². The lowest BCUT2D eigenvalue weighted by Gasteiger charge is -2.17. The van der Waals surface area contributed by atoms with Crippen molar-refractivity contribution in [3.63, 3.8) is 0 Å². The molecule has 3 rings (SSSR count). The molecule has 108 valence electrons. The van der Waals surface area contributed by atoms with E-state index in [0.29, 0.717) is 5.95 Å². The SMILES string of the molecule is CN.Cn1nccc1-c1cc(N2CCCC2)nc(N)n1. The Morgan fingerprint density at radius 3 is 2.45 bits per heavy atom. The highest BCUT2D eigenvalue weighted by Crippen LogP contribution is 2.24. The highest BCUT2D eigenvalue weighted by molar-refractivity contribution is 5.61. The van der Waals surface area contributed by atoms with Crippen LogP contribution in [-0.2, 0) is 7.05 Å². The molecule has 0 radical (unpaired) electrons. The third-order valence-corrected chi connectivity index (χ3v) is 3.24. The molecule has 0 aliphatic carbocycles. The zero-order valence-electron chi connectivity index (χ0n) is 12.0. The summed E-state index contributed by atoms with van der Waals surface area (Å²) >= 11 is 0. The molecule has 0 saturated carbocycles. The monoisotopic (exact) mass is 275 g/mol. The topological polar surface area (TPSA) is 98.9 Å². The lowest BCUT2D eigenvalue weighted by molar-refractivity contribution is 0.773. The fraction of sp³-hybridized carbons (Fsp3) is 0.462. The molecule has 0 amide bonds. The smallest absolute Gasteiger partial charge is 0.222 e. The molecule has 1 aliphatic rings. The molecule has 7 nitrogen and oxygen atoms in total. The van der Waals surface area contributed by atoms with Gasteiger partial charge < -0.3 is 16.4 Å². The van der Waals surface area contributed by atoms with E-state index in [0.717, 1.165) is 30.3 Å². The van der Waals surface area contributed by atoms with Crippen molar-refractivity contribution in [1.29, 1.82) is 0 Å². The number of aromatic nitrogens is 4. The number of aryl methyl sites for hydroxylation is 1. The quantitative estimate of drug-likeness (QED) is 0.834. The van der Waals surface area contributed by atoms with Crippen LogP contribution in [0, 0.1) is 0 Å². The van der Waals surface area contributed by atoms with Gasteiger partial charge in [-0.05, 0) is 26.0 Å². The Labute approximate surface area is 118 Å². The molecule has 0 unspecified atom stereocenters. The van der Waals surface area contributed by atoms with Crippen LogP contribution in [-0.4, -0.2) is 39.9 Å². The van der Waals surface area contributed by atoms with Crippen LogP contribution in [0.25, 0.3) is 11.4 Å². The minimum atomic E-state index is 0.315. The third-order valence-electron chi connectivity index (χ3n) is 3.24. The van der Waals surface area contributed by atoms with E-state index in [1.165, 1.54) is 19.9 Å². The molecular weight excluding hydrogens is 254 g/mol. The summed E-state index contributed by atoms with van der Waals surface area (Å²) in [5, 5.41) is 4.15. The summed E-state index contributed by atoms with van der Waals surface area (Å²) in [7, 11) is 3.39. The Morgan fingerprint density at radius 1 is 1.15 bits per heavy atom. The van der Waals surface area contributed by atoms with Crippen LogP contribution in [0.5, 0.6) is 0 Å². The molecule has 0 bridgehead atoms. The summed E-state index contributed by atoms with van der Waals surface area (Å²) in [6.45, 7) is 2.09. The number of nitrogen functional groups attached to an aromatic ring is 1. The van der Waals surface area contributed by atoms with E-state index >= 15 is 0 Å². The Hall–Kier alpha value is -2.15. The number of hydrogen-bond acceptors (Lipinski definition) is 6. The molecule has 1 fully saturated rings. The molecule has 3 heterocycles. The molecule has 4 N–H and O–H groups in total. The van der Waals surface area contributed by atoms with Crippen LogP contribution < -0.4 is 16.4 Å². The van der Waals surface area contributed by atoms with E-state index in [9.17, 15) is 0 Å². The summed E-state index contributed by atoms with van der Waals surface area (Å²) in [4.78, 5) is 10.9. The van der Waals surface area contributed by atoms with Gasteiger partial charge in [-0.3, -0.25) is 4.68 Å².